The molecule has 136 valence electrons. The Bertz CT molecular complexity index is 603. The molecule has 0 radical (unpaired) electrons. The lowest BCUT2D eigenvalue weighted by molar-refractivity contribution is -0.124. The third-order valence-electron chi connectivity index (χ3n) is 6.47. The van der Waals surface area contributed by atoms with E-state index in [0.717, 1.165) is 57.3 Å². The highest BCUT2D eigenvalue weighted by Gasteiger charge is 2.33. The van der Waals surface area contributed by atoms with Crippen LogP contribution >= 0.6 is 0 Å². The van der Waals surface area contributed by atoms with Gasteiger partial charge in [-0.3, -0.25) is 14.6 Å². The fourth-order valence-electron chi connectivity index (χ4n) is 4.90. The fourth-order valence-corrected chi connectivity index (χ4v) is 4.90. The monoisotopic (exact) mass is 341 g/mol. The van der Waals surface area contributed by atoms with Crippen LogP contribution in [-0.4, -0.2) is 60.5 Å². The smallest absolute Gasteiger partial charge is 0.244 e. The van der Waals surface area contributed by atoms with Crippen molar-refractivity contribution >= 4 is 11.6 Å². The van der Waals surface area contributed by atoms with Crippen LogP contribution in [0.15, 0.2) is 24.3 Å². The Balaban J connectivity index is 1.38. The van der Waals surface area contributed by atoms with E-state index in [2.05, 4.69) is 41.0 Å². The van der Waals surface area contributed by atoms with Crippen LogP contribution in [0, 0.1) is 0 Å². The summed E-state index contributed by atoms with van der Waals surface area (Å²) in [4.78, 5) is 20.3. The number of benzene rings is 1. The van der Waals surface area contributed by atoms with Crippen LogP contribution in [0.4, 0.5) is 5.69 Å². The van der Waals surface area contributed by atoms with Crippen LogP contribution in [0.5, 0.6) is 0 Å². The summed E-state index contributed by atoms with van der Waals surface area (Å²) in [6, 6.07) is 9.20. The van der Waals surface area contributed by atoms with E-state index in [1.165, 1.54) is 31.2 Å². The number of rotatable bonds is 3. The third kappa shape index (κ3) is 3.47. The van der Waals surface area contributed by atoms with Gasteiger partial charge in [0.25, 0.3) is 0 Å². The summed E-state index contributed by atoms with van der Waals surface area (Å²) in [7, 11) is 0. The molecule has 0 N–H and O–H groups in total. The number of carbonyl (C=O) groups excluding carboxylic acids is 1. The average Bonchev–Trinajstić information content (AvgIpc) is 3.21. The van der Waals surface area contributed by atoms with Crippen LogP contribution in [0.25, 0.3) is 0 Å². The predicted molar refractivity (Wildman–Crippen MR) is 102 cm³/mol. The van der Waals surface area contributed by atoms with Gasteiger partial charge in [-0.15, -0.1) is 0 Å². The summed E-state index contributed by atoms with van der Waals surface area (Å²) >= 11 is 0. The molecule has 1 aliphatic carbocycles. The predicted octanol–water partition coefficient (Wildman–Crippen LogP) is 2.91. The molecule has 4 nitrogen and oxygen atoms in total. The first-order chi connectivity index (χ1) is 12.2. The van der Waals surface area contributed by atoms with Gasteiger partial charge >= 0.3 is 0 Å². The van der Waals surface area contributed by atoms with Crippen molar-refractivity contribution in [2.75, 3.05) is 37.6 Å². The van der Waals surface area contributed by atoms with Crippen molar-refractivity contribution in [1.29, 1.82) is 0 Å². The first kappa shape index (κ1) is 17.0. The Morgan fingerprint density at radius 1 is 1.00 bits per heavy atom. The molecule has 1 aromatic rings. The van der Waals surface area contributed by atoms with Crippen molar-refractivity contribution in [2.24, 2.45) is 0 Å². The summed E-state index contributed by atoms with van der Waals surface area (Å²) in [5.41, 5.74) is 2.45. The van der Waals surface area contributed by atoms with E-state index in [0.29, 0.717) is 0 Å². The number of para-hydroxylation sites is 1. The van der Waals surface area contributed by atoms with E-state index in [4.69, 9.17) is 0 Å². The molecule has 3 aliphatic rings. The summed E-state index contributed by atoms with van der Waals surface area (Å²) in [6.45, 7) is 7.27. The number of hydrogen-bond donors (Lipinski definition) is 0. The molecule has 0 spiro atoms. The number of nitrogens with zero attached hydrogens (tertiary/aromatic N) is 3. The highest BCUT2D eigenvalue weighted by Crippen LogP contribution is 2.28. The number of amides is 1. The van der Waals surface area contributed by atoms with E-state index in [1.54, 1.807) is 0 Å². The van der Waals surface area contributed by atoms with Crippen LogP contribution in [-0.2, 0) is 11.2 Å². The van der Waals surface area contributed by atoms with Gasteiger partial charge in [-0.05, 0) is 44.2 Å². The molecule has 0 bridgehead atoms. The van der Waals surface area contributed by atoms with E-state index < -0.39 is 0 Å². The second-order valence-electron chi connectivity index (χ2n) is 7.91. The van der Waals surface area contributed by atoms with Gasteiger partial charge in [-0.1, -0.05) is 31.0 Å². The lowest BCUT2D eigenvalue weighted by atomic mass is 10.0. The van der Waals surface area contributed by atoms with Gasteiger partial charge in [0.15, 0.2) is 0 Å². The first-order valence-electron chi connectivity index (χ1n) is 10.1. The van der Waals surface area contributed by atoms with Gasteiger partial charge in [-0.25, -0.2) is 0 Å². The van der Waals surface area contributed by atoms with E-state index >= 15 is 0 Å². The average molecular weight is 341 g/mol. The zero-order valence-electron chi connectivity index (χ0n) is 15.5. The maximum Gasteiger partial charge on any atom is 0.244 e. The summed E-state index contributed by atoms with van der Waals surface area (Å²) < 4.78 is 0. The molecule has 2 fully saturated rings. The third-order valence-corrected chi connectivity index (χ3v) is 6.47. The fraction of sp³-hybridized carbons (Fsp3) is 0.667. The number of hydrogen-bond acceptors (Lipinski definition) is 3. The second kappa shape index (κ2) is 7.46. The molecule has 4 rings (SSSR count). The minimum Gasteiger partial charge on any atom is -0.311 e. The normalized spacial score (nSPS) is 24.3. The Morgan fingerprint density at radius 3 is 2.48 bits per heavy atom. The standard InChI is InChI=1S/C21H31N3O/c1-17(22-13-15-23(16-14-22)19-9-3-4-10-19)21(25)24-12-6-8-18-7-2-5-11-20(18)24/h2,5,7,11,17,19H,3-4,6,8-10,12-16H2,1H3. The van der Waals surface area contributed by atoms with Gasteiger partial charge < -0.3 is 4.90 Å². The maximum absolute atomic E-state index is 13.2. The Kier molecular flexibility index (Phi) is 5.09. The lowest BCUT2D eigenvalue weighted by Crippen LogP contribution is -2.56. The number of aryl methyl sites for hydroxylation is 1. The van der Waals surface area contributed by atoms with Crippen molar-refractivity contribution in [3.8, 4) is 0 Å². The SMILES string of the molecule is CC(C(=O)N1CCCc2ccccc21)N1CCN(C2CCCC2)CC1. The molecule has 1 saturated carbocycles. The molecule has 4 heteroatoms. The second-order valence-corrected chi connectivity index (χ2v) is 7.91. The molecule has 1 unspecified atom stereocenters. The number of anilines is 1. The van der Waals surface area contributed by atoms with E-state index in [-0.39, 0.29) is 11.9 Å². The van der Waals surface area contributed by atoms with Crippen molar-refractivity contribution in [3.63, 3.8) is 0 Å². The molecule has 1 amide bonds. The number of piperazine rings is 1. The van der Waals surface area contributed by atoms with Crippen molar-refractivity contribution in [2.45, 2.75) is 57.5 Å². The molecule has 1 aromatic carbocycles. The molecule has 1 atom stereocenters. The zero-order chi connectivity index (χ0) is 17.2. The van der Waals surface area contributed by atoms with Crippen molar-refractivity contribution in [3.05, 3.63) is 29.8 Å². The number of fused-ring (bicyclic) bond motifs is 1. The molecule has 25 heavy (non-hydrogen) atoms. The highest BCUT2D eigenvalue weighted by molar-refractivity contribution is 5.98. The minimum absolute atomic E-state index is 0.0168. The molecule has 2 aliphatic heterocycles. The van der Waals surface area contributed by atoms with Crippen LogP contribution in [0.2, 0.25) is 0 Å². The lowest BCUT2D eigenvalue weighted by Gasteiger charge is -2.41. The topological polar surface area (TPSA) is 26.8 Å². The van der Waals surface area contributed by atoms with Gasteiger partial charge in [0, 0.05) is 44.5 Å². The van der Waals surface area contributed by atoms with Crippen molar-refractivity contribution in [1.82, 2.24) is 9.80 Å². The number of carbonyl (C=O) groups is 1. The van der Waals surface area contributed by atoms with Gasteiger partial charge in [-0.2, -0.15) is 0 Å². The maximum atomic E-state index is 13.2. The van der Waals surface area contributed by atoms with Gasteiger partial charge in [0.1, 0.15) is 0 Å². The Morgan fingerprint density at radius 2 is 1.72 bits per heavy atom. The summed E-state index contributed by atoms with van der Waals surface area (Å²) in [5, 5.41) is 0. The molecule has 2 heterocycles. The van der Waals surface area contributed by atoms with Gasteiger partial charge in [0.2, 0.25) is 5.91 Å². The van der Waals surface area contributed by atoms with E-state index in [1.807, 2.05) is 4.90 Å². The van der Waals surface area contributed by atoms with Crippen LogP contribution in [0.3, 0.4) is 0 Å². The summed E-state index contributed by atoms with van der Waals surface area (Å²) in [6.07, 6.45) is 7.71. The van der Waals surface area contributed by atoms with Crippen molar-refractivity contribution < 1.29 is 4.79 Å². The Labute approximate surface area is 151 Å². The largest absolute Gasteiger partial charge is 0.311 e. The quantitative estimate of drug-likeness (QED) is 0.846. The van der Waals surface area contributed by atoms with Crippen LogP contribution < -0.4 is 4.90 Å². The Hall–Kier alpha value is -1.39. The molecular formula is C21H31N3O. The van der Waals surface area contributed by atoms with Gasteiger partial charge in [0.05, 0.1) is 6.04 Å². The van der Waals surface area contributed by atoms with E-state index in [9.17, 15) is 4.79 Å². The molecular weight excluding hydrogens is 310 g/mol. The minimum atomic E-state index is -0.0168. The molecule has 0 aromatic heterocycles. The molecule has 1 saturated heterocycles. The summed E-state index contributed by atoms with van der Waals surface area (Å²) in [5.74, 6) is 0.279. The first-order valence-corrected chi connectivity index (χ1v) is 10.1. The van der Waals surface area contributed by atoms with Crippen LogP contribution in [0.1, 0.15) is 44.6 Å². The zero-order valence-corrected chi connectivity index (χ0v) is 15.5. The highest BCUT2D eigenvalue weighted by atomic mass is 16.2.